The van der Waals surface area contributed by atoms with Crippen LogP contribution in [0.5, 0.6) is 11.6 Å². The zero-order chi connectivity index (χ0) is 15.6. The second kappa shape index (κ2) is 5.27. The van der Waals surface area contributed by atoms with Crippen molar-refractivity contribution in [2.75, 3.05) is 5.73 Å². The van der Waals surface area contributed by atoms with E-state index in [1.165, 1.54) is 24.3 Å². The van der Waals surface area contributed by atoms with Crippen molar-refractivity contribution in [1.82, 2.24) is 9.97 Å². The quantitative estimate of drug-likeness (QED) is 0.901. The minimum atomic E-state index is -4.66. The summed E-state index contributed by atoms with van der Waals surface area (Å²) in [4.78, 5) is 17.5. The van der Waals surface area contributed by atoms with Crippen LogP contribution in [0.2, 0.25) is 0 Å². The fraction of sp³-hybridized carbons (Fsp3) is 0.0833. The first-order valence-corrected chi connectivity index (χ1v) is 5.55. The molecule has 1 aromatic carbocycles. The van der Waals surface area contributed by atoms with E-state index in [1.54, 1.807) is 0 Å². The zero-order valence-corrected chi connectivity index (χ0v) is 10.4. The standard InChI is InChI=1S/C12H9F3N4O2/c13-12(14,15)8-5-9(19-11(17)18-8)21-7-3-1-6(2-4-7)10(16)20/h1-5H,(H2,16,20)(H2,17,18,19). The third-order valence-electron chi connectivity index (χ3n) is 2.37. The first-order valence-electron chi connectivity index (χ1n) is 5.55. The van der Waals surface area contributed by atoms with E-state index in [9.17, 15) is 18.0 Å². The number of primary amides is 1. The summed E-state index contributed by atoms with van der Waals surface area (Å²) in [6.07, 6.45) is -4.66. The van der Waals surface area contributed by atoms with Gasteiger partial charge in [0.15, 0.2) is 5.69 Å². The van der Waals surface area contributed by atoms with Crippen molar-refractivity contribution in [3.05, 3.63) is 41.6 Å². The Bertz CT molecular complexity index is 671. The van der Waals surface area contributed by atoms with Crippen LogP contribution in [-0.2, 0) is 6.18 Å². The number of halogens is 3. The number of nitrogens with zero attached hydrogens (tertiary/aromatic N) is 2. The molecule has 2 rings (SSSR count). The van der Waals surface area contributed by atoms with Gasteiger partial charge < -0.3 is 16.2 Å². The average molecular weight is 298 g/mol. The van der Waals surface area contributed by atoms with E-state index in [-0.39, 0.29) is 17.2 Å². The first kappa shape index (κ1) is 14.6. The number of alkyl halides is 3. The number of benzene rings is 1. The number of ether oxygens (including phenoxy) is 1. The monoisotopic (exact) mass is 298 g/mol. The Labute approximate surface area is 116 Å². The fourth-order valence-corrected chi connectivity index (χ4v) is 1.45. The summed E-state index contributed by atoms with van der Waals surface area (Å²) in [5.41, 5.74) is 9.30. The lowest BCUT2D eigenvalue weighted by atomic mass is 10.2. The summed E-state index contributed by atoms with van der Waals surface area (Å²) in [5.74, 6) is -1.38. The molecule has 6 nitrogen and oxygen atoms in total. The van der Waals surface area contributed by atoms with Gasteiger partial charge in [-0.25, -0.2) is 4.98 Å². The van der Waals surface area contributed by atoms with Gasteiger partial charge in [-0.2, -0.15) is 18.2 Å². The molecular weight excluding hydrogens is 289 g/mol. The first-order chi connectivity index (χ1) is 9.75. The molecule has 1 aromatic heterocycles. The van der Waals surface area contributed by atoms with Gasteiger partial charge in [-0.1, -0.05) is 0 Å². The van der Waals surface area contributed by atoms with E-state index in [2.05, 4.69) is 9.97 Å². The Morgan fingerprint density at radius 1 is 1.14 bits per heavy atom. The second-order valence-corrected chi connectivity index (χ2v) is 3.94. The van der Waals surface area contributed by atoms with E-state index >= 15 is 0 Å². The Morgan fingerprint density at radius 3 is 2.29 bits per heavy atom. The van der Waals surface area contributed by atoms with Crippen LogP contribution in [0.15, 0.2) is 30.3 Å². The van der Waals surface area contributed by atoms with Gasteiger partial charge in [0, 0.05) is 11.6 Å². The molecule has 0 unspecified atom stereocenters. The van der Waals surface area contributed by atoms with Gasteiger partial charge in [-0.3, -0.25) is 4.79 Å². The van der Waals surface area contributed by atoms with E-state index in [0.717, 1.165) is 0 Å². The lowest BCUT2D eigenvalue weighted by molar-refractivity contribution is -0.141. The maximum Gasteiger partial charge on any atom is 0.433 e. The smallest absolute Gasteiger partial charge is 0.433 e. The van der Waals surface area contributed by atoms with Crippen LogP contribution in [0.4, 0.5) is 19.1 Å². The van der Waals surface area contributed by atoms with E-state index in [0.29, 0.717) is 6.07 Å². The number of nitrogen functional groups attached to an aromatic ring is 1. The highest BCUT2D eigenvalue weighted by atomic mass is 19.4. The molecule has 21 heavy (non-hydrogen) atoms. The molecule has 0 aliphatic carbocycles. The number of carbonyl (C=O) groups is 1. The molecule has 9 heteroatoms. The molecule has 2 aromatic rings. The number of carbonyl (C=O) groups excluding carboxylic acids is 1. The molecule has 0 saturated carbocycles. The van der Waals surface area contributed by atoms with Gasteiger partial charge in [0.25, 0.3) is 0 Å². The normalized spacial score (nSPS) is 11.2. The topological polar surface area (TPSA) is 104 Å². The van der Waals surface area contributed by atoms with Gasteiger partial charge in [-0.15, -0.1) is 0 Å². The van der Waals surface area contributed by atoms with Gasteiger partial charge in [0.05, 0.1) is 0 Å². The number of amides is 1. The minimum Gasteiger partial charge on any atom is -0.439 e. The fourth-order valence-electron chi connectivity index (χ4n) is 1.45. The molecule has 0 bridgehead atoms. The predicted molar refractivity (Wildman–Crippen MR) is 66.5 cm³/mol. The molecular formula is C12H9F3N4O2. The Hall–Kier alpha value is -2.84. The van der Waals surface area contributed by atoms with Gasteiger partial charge in [0.1, 0.15) is 5.75 Å². The van der Waals surface area contributed by atoms with Crippen molar-refractivity contribution >= 4 is 11.9 Å². The highest BCUT2D eigenvalue weighted by Gasteiger charge is 2.33. The molecule has 1 amide bonds. The summed E-state index contributed by atoms with van der Waals surface area (Å²) < 4.78 is 42.9. The van der Waals surface area contributed by atoms with Gasteiger partial charge in [-0.05, 0) is 24.3 Å². The molecule has 0 saturated heterocycles. The van der Waals surface area contributed by atoms with Crippen molar-refractivity contribution < 1.29 is 22.7 Å². The molecule has 0 spiro atoms. The van der Waals surface area contributed by atoms with E-state index in [4.69, 9.17) is 16.2 Å². The third-order valence-corrected chi connectivity index (χ3v) is 2.37. The maximum absolute atomic E-state index is 12.6. The Balaban J connectivity index is 2.27. The number of hydrogen-bond acceptors (Lipinski definition) is 5. The SMILES string of the molecule is NC(=O)c1ccc(Oc2cc(C(F)(F)F)nc(N)n2)cc1. The number of rotatable bonds is 3. The van der Waals surface area contributed by atoms with Crippen molar-refractivity contribution in [2.45, 2.75) is 6.18 Å². The summed E-state index contributed by atoms with van der Waals surface area (Å²) >= 11 is 0. The van der Waals surface area contributed by atoms with Gasteiger partial charge in [0.2, 0.25) is 17.7 Å². The third kappa shape index (κ3) is 3.59. The van der Waals surface area contributed by atoms with Crippen LogP contribution in [0, 0.1) is 0 Å². The molecule has 0 radical (unpaired) electrons. The van der Waals surface area contributed by atoms with Crippen molar-refractivity contribution in [3.8, 4) is 11.6 Å². The van der Waals surface area contributed by atoms with Crippen LogP contribution in [0.25, 0.3) is 0 Å². The predicted octanol–water partition coefficient (Wildman–Crippen LogP) is 1.97. The molecule has 110 valence electrons. The molecule has 4 N–H and O–H groups in total. The molecule has 0 aliphatic heterocycles. The maximum atomic E-state index is 12.6. The summed E-state index contributed by atoms with van der Waals surface area (Å²) in [5, 5.41) is 0. The molecule has 0 aliphatic rings. The van der Waals surface area contributed by atoms with Crippen LogP contribution < -0.4 is 16.2 Å². The zero-order valence-electron chi connectivity index (χ0n) is 10.4. The Kier molecular flexibility index (Phi) is 3.66. The highest BCUT2D eigenvalue weighted by Crippen LogP contribution is 2.31. The van der Waals surface area contributed by atoms with E-state index in [1.807, 2.05) is 0 Å². The van der Waals surface area contributed by atoms with Crippen LogP contribution in [0.3, 0.4) is 0 Å². The largest absolute Gasteiger partial charge is 0.439 e. The number of aromatic nitrogens is 2. The summed E-state index contributed by atoms with van der Waals surface area (Å²) in [6, 6.07) is 6.09. The molecule has 0 atom stereocenters. The second-order valence-electron chi connectivity index (χ2n) is 3.94. The highest BCUT2D eigenvalue weighted by molar-refractivity contribution is 5.92. The molecule has 0 fully saturated rings. The van der Waals surface area contributed by atoms with Crippen molar-refractivity contribution in [2.24, 2.45) is 5.73 Å². The summed E-state index contributed by atoms with van der Waals surface area (Å²) in [7, 11) is 0. The summed E-state index contributed by atoms with van der Waals surface area (Å²) in [6.45, 7) is 0. The Morgan fingerprint density at radius 2 is 1.76 bits per heavy atom. The minimum absolute atomic E-state index is 0.172. The number of anilines is 1. The van der Waals surface area contributed by atoms with Crippen LogP contribution in [0.1, 0.15) is 16.1 Å². The van der Waals surface area contributed by atoms with Gasteiger partial charge >= 0.3 is 6.18 Å². The van der Waals surface area contributed by atoms with Crippen molar-refractivity contribution in [1.29, 1.82) is 0 Å². The lowest BCUT2D eigenvalue weighted by Gasteiger charge is -2.09. The van der Waals surface area contributed by atoms with Crippen LogP contribution in [-0.4, -0.2) is 15.9 Å². The van der Waals surface area contributed by atoms with E-state index < -0.39 is 23.7 Å². The van der Waals surface area contributed by atoms with Crippen LogP contribution >= 0.6 is 0 Å². The number of nitrogens with two attached hydrogens (primary N) is 2. The average Bonchev–Trinajstić information content (AvgIpc) is 2.37. The number of hydrogen-bond donors (Lipinski definition) is 2. The molecule has 1 heterocycles. The van der Waals surface area contributed by atoms with Crippen molar-refractivity contribution in [3.63, 3.8) is 0 Å². The lowest BCUT2D eigenvalue weighted by Crippen LogP contribution is -2.11.